The summed E-state index contributed by atoms with van der Waals surface area (Å²) in [5.74, 6) is 0. The number of benzene rings is 14. The molecular formula is C70H44N4. The standard InChI is InChI=1S/C70H44N4/c1-3-21-53(22-4-1)73-63-27-13-19-47-29-31-51-41-57(43-65(73)69(51)67(47)63)71(55-35-33-45-15-7-9-17-49(45)39-55)61-37-38-62(60-26-12-11-25-59(60)61)72(56-36-34-46-16-8-10-18-50(46)40-56)58-42-52-32-30-48-20-14-28-64-68(48)70(52)66(44-58)74(64)54-23-5-2-6-24-54/h1-44H. The topological polar surface area (TPSA) is 16.3 Å². The molecule has 0 spiro atoms. The third kappa shape index (κ3) is 6.03. The lowest BCUT2D eigenvalue weighted by atomic mass is 9.99. The number of hydrogen-bond donors (Lipinski definition) is 0. The Morgan fingerprint density at radius 1 is 0.216 bits per heavy atom. The molecular weight excluding hydrogens is 897 g/mol. The van der Waals surface area contributed by atoms with Gasteiger partial charge in [-0.15, -0.1) is 0 Å². The fourth-order valence-electron chi connectivity index (χ4n) is 12.5. The van der Waals surface area contributed by atoms with Crippen molar-refractivity contribution in [2.45, 2.75) is 0 Å². The molecule has 2 heterocycles. The summed E-state index contributed by atoms with van der Waals surface area (Å²) in [5.41, 5.74) is 13.6. The van der Waals surface area contributed by atoms with Gasteiger partial charge < -0.3 is 18.9 Å². The Hall–Kier alpha value is -9.90. The molecule has 0 aliphatic carbocycles. The van der Waals surface area contributed by atoms with Gasteiger partial charge in [-0.1, -0.05) is 170 Å². The Balaban J connectivity index is 0.971. The minimum Gasteiger partial charge on any atom is -0.310 e. The van der Waals surface area contributed by atoms with Crippen LogP contribution in [0.1, 0.15) is 0 Å². The van der Waals surface area contributed by atoms with Crippen LogP contribution in [-0.2, 0) is 0 Å². The first-order chi connectivity index (χ1) is 36.7. The van der Waals surface area contributed by atoms with Crippen molar-refractivity contribution in [2.24, 2.45) is 0 Å². The molecule has 0 bridgehead atoms. The van der Waals surface area contributed by atoms with Gasteiger partial charge in [-0.05, 0) is 140 Å². The fourth-order valence-corrected chi connectivity index (χ4v) is 12.5. The maximum absolute atomic E-state index is 2.49. The van der Waals surface area contributed by atoms with Gasteiger partial charge in [0.15, 0.2) is 0 Å². The summed E-state index contributed by atoms with van der Waals surface area (Å²) in [5, 5.41) is 17.1. The maximum atomic E-state index is 2.49. The number of aromatic nitrogens is 2. The zero-order chi connectivity index (χ0) is 48.4. The first-order valence-electron chi connectivity index (χ1n) is 25.5. The quantitative estimate of drug-likeness (QED) is 0.141. The second-order valence-corrected chi connectivity index (χ2v) is 19.7. The molecule has 16 rings (SSSR count). The Morgan fingerprint density at radius 3 is 1.03 bits per heavy atom. The average molecular weight is 941 g/mol. The minimum absolute atomic E-state index is 1.09. The molecule has 0 N–H and O–H groups in total. The lowest BCUT2D eigenvalue weighted by Crippen LogP contribution is -2.14. The van der Waals surface area contributed by atoms with Gasteiger partial charge in [0.2, 0.25) is 0 Å². The second-order valence-electron chi connectivity index (χ2n) is 19.7. The molecule has 16 aromatic rings. The van der Waals surface area contributed by atoms with Crippen LogP contribution in [0.5, 0.6) is 0 Å². The minimum atomic E-state index is 1.09. The highest BCUT2D eigenvalue weighted by molar-refractivity contribution is 6.27. The highest BCUT2D eigenvalue weighted by Gasteiger charge is 2.26. The van der Waals surface area contributed by atoms with E-state index in [0.717, 1.165) is 56.3 Å². The van der Waals surface area contributed by atoms with Gasteiger partial charge in [0.1, 0.15) is 0 Å². The Bertz CT molecular complexity index is 4550. The van der Waals surface area contributed by atoms with E-state index in [2.05, 4.69) is 286 Å². The molecule has 0 radical (unpaired) electrons. The van der Waals surface area contributed by atoms with Crippen molar-refractivity contribution >= 4 is 132 Å². The van der Waals surface area contributed by atoms with Gasteiger partial charge in [-0.2, -0.15) is 0 Å². The van der Waals surface area contributed by atoms with Gasteiger partial charge in [-0.3, -0.25) is 0 Å². The number of fused-ring (bicyclic) bond motifs is 3. The number of hydrogen-bond acceptors (Lipinski definition) is 2. The number of nitrogens with zero attached hydrogens (tertiary/aromatic N) is 4. The van der Waals surface area contributed by atoms with Gasteiger partial charge in [-0.25, -0.2) is 0 Å². The van der Waals surface area contributed by atoms with Crippen LogP contribution in [0.25, 0.3) is 109 Å². The third-order valence-corrected chi connectivity index (χ3v) is 15.7. The van der Waals surface area contributed by atoms with Gasteiger partial charge in [0.05, 0.1) is 33.4 Å². The van der Waals surface area contributed by atoms with E-state index in [1.54, 1.807) is 0 Å². The largest absolute Gasteiger partial charge is 0.310 e. The predicted molar refractivity (Wildman–Crippen MR) is 314 cm³/mol. The van der Waals surface area contributed by atoms with Crippen LogP contribution < -0.4 is 9.80 Å². The van der Waals surface area contributed by atoms with Crippen molar-refractivity contribution in [2.75, 3.05) is 9.80 Å². The smallest absolute Gasteiger partial charge is 0.0568 e. The zero-order valence-electron chi connectivity index (χ0n) is 40.2. The van der Waals surface area contributed by atoms with E-state index < -0.39 is 0 Å². The van der Waals surface area contributed by atoms with Crippen LogP contribution in [0, 0.1) is 0 Å². The van der Waals surface area contributed by atoms with Crippen molar-refractivity contribution in [3.63, 3.8) is 0 Å². The molecule has 344 valence electrons. The number of rotatable bonds is 8. The highest BCUT2D eigenvalue weighted by atomic mass is 15.2. The summed E-state index contributed by atoms with van der Waals surface area (Å²) in [6, 6.07) is 98.7. The SMILES string of the molecule is c1ccc(-n2c3cccc4ccc5cc(N(c6ccc7ccccc7c6)c6ccc(N(c7ccc8ccccc8c7)c7cc8ccc9cccc%10c9c8c(c7)n%10-c7ccccc7)c7ccccc67)cc2c5c43)cc1. The molecule has 4 nitrogen and oxygen atoms in total. The lowest BCUT2D eigenvalue weighted by Gasteiger charge is -2.31. The Morgan fingerprint density at radius 2 is 0.568 bits per heavy atom. The Labute approximate surface area is 426 Å². The van der Waals surface area contributed by atoms with E-state index in [-0.39, 0.29) is 0 Å². The van der Waals surface area contributed by atoms with Crippen LogP contribution in [0.2, 0.25) is 0 Å². The van der Waals surface area contributed by atoms with Gasteiger partial charge in [0.25, 0.3) is 0 Å². The van der Waals surface area contributed by atoms with Crippen LogP contribution in [0.4, 0.5) is 34.1 Å². The molecule has 14 aromatic carbocycles. The third-order valence-electron chi connectivity index (χ3n) is 15.7. The average Bonchev–Trinajstić information content (AvgIpc) is 3.99. The van der Waals surface area contributed by atoms with Crippen LogP contribution >= 0.6 is 0 Å². The second kappa shape index (κ2) is 15.8. The molecule has 74 heavy (non-hydrogen) atoms. The predicted octanol–water partition coefficient (Wildman–Crippen LogP) is 19.5. The van der Waals surface area contributed by atoms with Crippen molar-refractivity contribution in [1.29, 1.82) is 0 Å². The van der Waals surface area contributed by atoms with Crippen molar-refractivity contribution in [3.8, 4) is 11.4 Å². The maximum Gasteiger partial charge on any atom is 0.0568 e. The van der Waals surface area contributed by atoms with E-state index in [1.165, 1.54) is 86.7 Å². The van der Waals surface area contributed by atoms with Gasteiger partial charge >= 0.3 is 0 Å². The molecule has 4 heteroatoms. The van der Waals surface area contributed by atoms with Gasteiger partial charge in [0, 0.05) is 66.4 Å². The first-order valence-corrected chi connectivity index (χ1v) is 25.5. The van der Waals surface area contributed by atoms with Crippen LogP contribution in [0.15, 0.2) is 267 Å². The van der Waals surface area contributed by atoms with Crippen molar-refractivity contribution in [3.05, 3.63) is 267 Å². The van der Waals surface area contributed by atoms with E-state index in [9.17, 15) is 0 Å². The molecule has 0 unspecified atom stereocenters. The van der Waals surface area contributed by atoms with Crippen molar-refractivity contribution < 1.29 is 0 Å². The number of para-hydroxylation sites is 2. The summed E-state index contributed by atoms with van der Waals surface area (Å²) in [4.78, 5) is 4.98. The molecule has 0 saturated heterocycles. The van der Waals surface area contributed by atoms with Crippen LogP contribution in [-0.4, -0.2) is 9.13 Å². The fraction of sp³-hybridized carbons (Fsp3) is 0. The molecule has 2 aromatic heterocycles. The highest BCUT2D eigenvalue weighted by Crippen LogP contribution is 2.50. The molecule has 0 fully saturated rings. The zero-order valence-corrected chi connectivity index (χ0v) is 40.2. The summed E-state index contributed by atoms with van der Waals surface area (Å²) in [7, 11) is 0. The summed E-state index contributed by atoms with van der Waals surface area (Å²) in [6.45, 7) is 0. The number of anilines is 6. The summed E-state index contributed by atoms with van der Waals surface area (Å²) in [6.07, 6.45) is 0. The van der Waals surface area contributed by atoms with Crippen LogP contribution in [0.3, 0.4) is 0 Å². The summed E-state index contributed by atoms with van der Waals surface area (Å²) < 4.78 is 4.90. The van der Waals surface area contributed by atoms with E-state index >= 15 is 0 Å². The molecule has 0 atom stereocenters. The van der Waals surface area contributed by atoms with E-state index in [0.29, 0.717) is 0 Å². The molecule has 0 amide bonds. The Kier molecular flexibility index (Phi) is 8.71. The summed E-state index contributed by atoms with van der Waals surface area (Å²) >= 11 is 0. The molecule has 0 aliphatic heterocycles. The van der Waals surface area contributed by atoms with E-state index in [1.807, 2.05) is 0 Å². The normalized spacial score (nSPS) is 12.1. The molecule has 0 saturated carbocycles. The lowest BCUT2D eigenvalue weighted by molar-refractivity contribution is 1.18. The monoisotopic (exact) mass is 940 g/mol. The molecule has 0 aliphatic rings. The first kappa shape index (κ1) is 40.8. The van der Waals surface area contributed by atoms with Crippen molar-refractivity contribution in [1.82, 2.24) is 9.13 Å². The van der Waals surface area contributed by atoms with E-state index in [4.69, 9.17) is 0 Å².